The van der Waals surface area contributed by atoms with Crippen molar-refractivity contribution in [3.63, 3.8) is 0 Å². The summed E-state index contributed by atoms with van der Waals surface area (Å²) >= 11 is 0. The van der Waals surface area contributed by atoms with Crippen molar-refractivity contribution in [1.29, 1.82) is 0 Å². The number of aromatic nitrogens is 2. The first-order valence-electron chi connectivity index (χ1n) is 8.91. The van der Waals surface area contributed by atoms with Crippen LogP contribution in [0.2, 0.25) is 0 Å². The van der Waals surface area contributed by atoms with Gasteiger partial charge in [0, 0.05) is 43.4 Å². The molecule has 6 heteroatoms. The van der Waals surface area contributed by atoms with E-state index in [1.807, 2.05) is 29.3 Å². The van der Waals surface area contributed by atoms with E-state index in [1.165, 1.54) is 19.0 Å². The fourth-order valence-electron chi connectivity index (χ4n) is 3.48. The summed E-state index contributed by atoms with van der Waals surface area (Å²) in [7, 11) is 0. The average molecular weight is 341 g/mol. The van der Waals surface area contributed by atoms with Crippen LogP contribution in [-0.2, 0) is 4.74 Å². The number of ether oxygens (including phenoxy) is 1. The van der Waals surface area contributed by atoms with E-state index >= 15 is 0 Å². The van der Waals surface area contributed by atoms with Gasteiger partial charge in [-0.05, 0) is 37.8 Å². The molecule has 6 nitrogen and oxygen atoms in total. The molecule has 0 N–H and O–H groups in total. The Morgan fingerprint density at radius 1 is 1.32 bits per heavy atom. The van der Waals surface area contributed by atoms with Crippen LogP contribution in [0.1, 0.15) is 40.6 Å². The van der Waals surface area contributed by atoms with Crippen molar-refractivity contribution in [2.45, 2.75) is 25.7 Å². The van der Waals surface area contributed by atoms with Gasteiger partial charge in [-0.25, -0.2) is 0 Å². The van der Waals surface area contributed by atoms with E-state index in [1.54, 1.807) is 6.92 Å². The summed E-state index contributed by atoms with van der Waals surface area (Å²) in [6, 6.07) is 5.96. The van der Waals surface area contributed by atoms with Gasteiger partial charge in [0.2, 0.25) is 0 Å². The summed E-state index contributed by atoms with van der Waals surface area (Å²) < 4.78 is 11.0. The van der Waals surface area contributed by atoms with Crippen LogP contribution in [0, 0.1) is 18.8 Å². The maximum atomic E-state index is 12.8. The second kappa shape index (κ2) is 6.96. The van der Waals surface area contributed by atoms with Gasteiger partial charge in [0.15, 0.2) is 0 Å². The van der Waals surface area contributed by atoms with Gasteiger partial charge in [-0.2, -0.15) is 0 Å². The number of likely N-dealkylation sites (tertiary alicyclic amines) is 1. The van der Waals surface area contributed by atoms with Crippen molar-refractivity contribution in [2.24, 2.45) is 11.8 Å². The molecule has 0 bridgehead atoms. The summed E-state index contributed by atoms with van der Waals surface area (Å²) in [4.78, 5) is 19.2. The molecule has 2 fully saturated rings. The molecule has 3 heterocycles. The topological polar surface area (TPSA) is 68.5 Å². The molecule has 1 amide bonds. The summed E-state index contributed by atoms with van der Waals surface area (Å²) in [6.45, 7) is 4.60. The number of nitrogens with zero attached hydrogens (tertiary/aromatic N) is 3. The predicted octanol–water partition coefficient (Wildman–Crippen LogP) is 2.66. The molecule has 25 heavy (non-hydrogen) atoms. The number of hydrogen-bond donors (Lipinski definition) is 0. The molecular weight excluding hydrogens is 318 g/mol. The number of aryl methyl sites for hydroxylation is 1. The highest BCUT2D eigenvalue weighted by molar-refractivity contribution is 5.95. The normalized spacial score (nSPS) is 23.2. The highest BCUT2D eigenvalue weighted by Crippen LogP contribution is 2.34. The quantitative estimate of drug-likeness (QED) is 0.808. The zero-order valence-corrected chi connectivity index (χ0v) is 14.4. The first-order valence-corrected chi connectivity index (χ1v) is 8.91. The molecule has 1 aliphatic heterocycles. The minimum atomic E-state index is -0.0237. The minimum absolute atomic E-state index is 0.0237. The molecule has 2 aliphatic rings. The third-order valence-corrected chi connectivity index (χ3v) is 5.16. The lowest BCUT2D eigenvalue weighted by molar-refractivity contribution is 0.0738. The van der Waals surface area contributed by atoms with Gasteiger partial charge in [0.25, 0.3) is 5.91 Å². The second-order valence-electron chi connectivity index (χ2n) is 7.11. The molecule has 4 rings (SSSR count). The SMILES string of the molecule is Cc1oncc1C(=O)N1C[C@@H](COCC2CC2)[C@H](c2ccccn2)C1. The molecule has 2 aromatic rings. The maximum absolute atomic E-state index is 12.8. The number of rotatable bonds is 6. The van der Waals surface area contributed by atoms with E-state index < -0.39 is 0 Å². The molecule has 0 radical (unpaired) electrons. The standard InChI is InChI=1S/C19H23N3O3/c1-13-16(8-21-25-13)19(23)22-9-15(12-24-11-14-5-6-14)17(10-22)18-4-2-3-7-20-18/h2-4,7-8,14-15,17H,5-6,9-12H2,1H3/t15-,17+/m0/s1. The van der Waals surface area contributed by atoms with Gasteiger partial charge in [0.05, 0.1) is 12.8 Å². The Balaban J connectivity index is 1.48. The number of hydrogen-bond acceptors (Lipinski definition) is 5. The number of carbonyl (C=O) groups is 1. The van der Waals surface area contributed by atoms with Crippen molar-refractivity contribution in [1.82, 2.24) is 15.0 Å². The van der Waals surface area contributed by atoms with Gasteiger partial charge >= 0.3 is 0 Å². The van der Waals surface area contributed by atoms with E-state index in [0.29, 0.717) is 31.0 Å². The fraction of sp³-hybridized carbons (Fsp3) is 0.526. The molecule has 0 spiro atoms. The van der Waals surface area contributed by atoms with E-state index in [2.05, 4.69) is 10.1 Å². The Bertz CT molecular complexity index is 727. The van der Waals surface area contributed by atoms with Crippen molar-refractivity contribution < 1.29 is 14.1 Å². The van der Waals surface area contributed by atoms with Crippen LogP contribution in [0.3, 0.4) is 0 Å². The van der Waals surface area contributed by atoms with Crippen LogP contribution in [0.4, 0.5) is 0 Å². The molecule has 2 atom stereocenters. The van der Waals surface area contributed by atoms with Crippen LogP contribution in [0.5, 0.6) is 0 Å². The summed E-state index contributed by atoms with van der Waals surface area (Å²) in [5.74, 6) is 1.74. The molecule has 0 aromatic carbocycles. The lowest BCUT2D eigenvalue weighted by atomic mass is 9.93. The molecule has 1 aliphatic carbocycles. The highest BCUT2D eigenvalue weighted by atomic mass is 16.5. The van der Waals surface area contributed by atoms with E-state index in [4.69, 9.17) is 9.26 Å². The molecule has 0 unspecified atom stereocenters. The highest BCUT2D eigenvalue weighted by Gasteiger charge is 2.38. The van der Waals surface area contributed by atoms with Crippen molar-refractivity contribution >= 4 is 5.91 Å². The fourth-order valence-corrected chi connectivity index (χ4v) is 3.48. The Hall–Kier alpha value is -2.21. The second-order valence-corrected chi connectivity index (χ2v) is 7.11. The van der Waals surface area contributed by atoms with Crippen LogP contribution >= 0.6 is 0 Å². The van der Waals surface area contributed by atoms with Gasteiger partial charge in [-0.3, -0.25) is 9.78 Å². The van der Waals surface area contributed by atoms with Crippen LogP contribution in [0.25, 0.3) is 0 Å². The van der Waals surface area contributed by atoms with Crippen LogP contribution in [0.15, 0.2) is 35.1 Å². The van der Waals surface area contributed by atoms with Gasteiger partial charge in [-0.15, -0.1) is 0 Å². The average Bonchev–Trinajstić information content (AvgIpc) is 3.20. The van der Waals surface area contributed by atoms with Crippen molar-refractivity contribution in [2.75, 3.05) is 26.3 Å². The van der Waals surface area contributed by atoms with Gasteiger partial charge in [0.1, 0.15) is 11.3 Å². The zero-order chi connectivity index (χ0) is 17.2. The Kier molecular flexibility index (Phi) is 4.53. The first-order chi connectivity index (χ1) is 12.2. The third-order valence-electron chi connectivity index (χ3n) is 5.16. The summed E-state index contributed by atoms with van der Waals surface area (Å²) in [6.07, 6.45) is 5.88. The maximum Gasteiger partial charge on any atom is 0.259 e. The summed E-state index contributed by atoms with van der Waals surface area (Å²) in [5, 5.41) is 3.73. The van der Waals surface area contributed by atoms with Crippen LogP contribution in [-0.4, -0.2) is 47.3 Å². The Morgan fingerprint density at radius 2 is 2.20 bits per heavy atom. The first kappa shape index (κ1) is 16.3. The van der Waals surface area contributed by atoms with Gasteiger partial charge < -0.3 is 14.2 Å². The third kappa shape index (κ3) is 3.58. The van der Waals surface area contributed by atoms with Crippen molar-refractivity contribution in [3.8, 4) is 0 Å². The zero-order valence-electron chi connectivity index (χ0n) is 14.4. The van der Waals surface area contributed by atoms with E-state index in [-0.39, 0.29) is 17.7 Å². The Morgan fingerprint density at radius 3 is 2.88 bits per heavy atom. The molecule has 1 saturated carbocycles. The van der Waals surface area contributed by atoms with Crippen LogP contribution < -0.4 is 0 Å². The minimum Gasteiger partial charge on any atom is -0.381 e. The predicted molar refractivity (Wildman–Crippen MR) is 91.2 cm³/mol. The lowest BCUT2D eigenvalue weighted by Crippen LogP contribution is -2.29. The molecule has 1 saturated heterocycles. The molecular formula is C19H23N3O3. The Labute approximate surface area is 147 Å². The number of pyridine rings is 1. The van der Waals surface area contributed by atoms with Crippen molar-refractivity contribution in [3.05, 3.63) is 47.6 Å². The molecule has 132 valence electrons. The molecule has 2 aromatic heterocycles. The smallest absolute Gasteiger partial charge is 0.259 e. The lowest BCUT2D eigenvalue weighted by Gasteiger charge is -2.17. The number of carbonyl (C=O) groups excluding carboxylic acids is 1. The van der Waals surface area contributed by atoms with Gasteiger partial charge in [-0.1, -0.05) is 11.2 Å². The largest absolute Gasteiger partial charge is 0.381 e. The number of amides is 1. The van der Waals surface area contributed by atoms with E-state index in [0.717, 1.165) is 18.2 Å². The summed E-state index contributed by atoms with van der Waals surface area (Å²) in [5.41, 5.74) is 1.57. The van der Waals surface area contributed by atoms with E-state index in [9.17, 15) is 4.79 Å². The monoisotopic (exact) mass is 341 g/mol.